The number of imide groups is 1. The number of rotatable bonds is 5. The highest BCUT2D eigenvalue weighted by Gasteiger charge is 2.39. The average Bonchev–Trinajstić information content (AvgIpc) is 3.05. The summed E-state index contributed by atoms with van der Waals surface area (Å²) in [7, 11) is 0. The van der Waals surface area contributed by atoms with Crippen molar-refractivity contribution in [3.63, 3.8) is 0 Å². The van der Waals surface area contributed by atoms with Crippen molar-refractivity contribution in [2.75, 3.05) is 11.4 Å². The van der Waals surface area contributed by atoms with Gasteiger partial charge in [-0.15, -0.1) is 0 Å². The molecule has 2 heterocycles. The summed E-state index contributed by atoms with van der Waals surface area (Å²) in [5, 5.41) is 2.30. The highest BCUT2D eigenvalue weighted by Crippen LogP contribution is 2.28. The molecule has 0 spiro atoms. The highest BCUT2D eigenvalue weighted by molar-refractivity contribution is 6.05. The number of hydrogen-bond acceptors (Lipinski definition) is 4. The quantitative estimate of drug-likeness (QED) is 0.772. The third-order valence-electron chi connectivity index (χ3n) is 5.63. The second-order valence-electron chi connectivity index (χ2n) is 7.54. The van der Waals surface area contributed by atoms with Gasteiger partial charge >= 0.3 is 0 Å². The van der Waals surface area contributed by atoms with Gasteiger partial charge in [-0.1, -0.05) is 30.3 Å². The molecule has 30 heavy (non-hydrogen) atoms. The summed E-state index contributed by atoms with van der Waals surface area (Å²) in [4.78, 5) is 52.4. The number of likely N-dealkylation sites (N-methyl/N-ethyl adjacent to an activating group) is 1. The topological polar surface area (TPSA) is 86.8 Å². The molecule has 2 aliphatic rings. The Hall–Kier alpha value is -3.48. The lowest BCUT2D eigenvalue weighted by atomic mass is 10.0. The van der Waals surface area contributed by atoms with E-state index in [0.717, 1.165) is 16.8 Å². The van der Waals surface area contributed by atoms with E-state index in [0.29, 0.717) is 25.1 Å². The molecule has 0 saturated carbocycles. The molecular formula is C23H23N3O4. The Bertz CT molecular complexity index is 1020. The first-order chi connectivity index (χ1) is 14.5. The fraction of sp³-hybridized carbons (Fsp3) is 0.304. The molecule has 0 bridgehead atoms. The van der Waals surface area contributed by atoms with E-state index in [1.54, 1.807) is 17.0 Å². The van der Waals surface area contributed by atoms with Crippen molar-refractivity contribution >= 4 is 29.3 Å². The predicted molar refractivity (Wildman–Crippen MR) is 111 cm³/mol. The average molecular weight is 405 g/mol. The van der Waals surface area contributed by atoms with Crippen LogP contribution in [-0.2, 0) is 27.3 Å². The monoisotopic (exact) mass is 405 g/mol. The second kappa shape index (κ2) is 8.10. The van der Waals surface area contributed by atoms with Gasteiger partial charge in [-0.05, 0) is 42.7 Å². The van der Waals surface area contributed by atoms with E-state index in [1.165, 1.54) is 4.90 Å². The van der Waals surface area contributed by atoms with Crippen LogP contribution in [-0.4, -0.2) is 41.1 Å². The van der Waals surface area contributed by atoms with Crippen molar-refractivity contribution in [3.8, 4) is 0 Å². The summed E-state index contributed by atoms with van der Waals surface area (Å²) < 4.78 is 0. The summed E-state index contributed by atoms with van der Waals surface area (Å²) in [5.74, 6) is -0.962. The van der Waals surface area contributed by atoms with Crippen molar-refractivity contribution in [1.82, 2.24) is 10.2 Å². The zero-order chi connectivity index (χ0) is 21.3. The van der Waals surface area contributed by atoms with Gasteiger partial charge in [-0.3, -0.25) is 24.5 Å². The fourth-order valence-corrected chi connectivity index (χ4v) is 4.12. The second-order valence-corrected chi connectivity index (χ2v) is 7.54. The molecule has 4 rings (SSSR count). The van der Waals surface area contributed by atoms with Crippen LogP contribution in [0.1, 0.15) is 41.3 Å². The first-order valence-corrected chi connectivity index (χ1v) is 10.1. The molecule has 7 heteroatoms. The van der Waals surface area contributed by atoms with Gasteiger partial charge in [0.1, 0.15) is 6.04 Å². The van der Waals surface area contributed by atoms with E-state index >= 15 is 0 Å². The minimum absolute atomic E-state index is 0.0185. The standard InChI is InChI=1S/C23H23N3O4/c1-2-25(17-6-4-3-5-7-17)21(28)13-15-8-9-18-16(12-15)14-26(23(18)30)19-10-11-20(27)24-22(19)29/h3-9,12,19H,2,10-11,13-14H2,1H3,(H,24,27,29). The molecule has 154 valence electrons. The first kappa shape index (κ1) is 19.8. The molecule has 1 N–H and O–H groups in total. The zero-order valence-electron chi connectivity index (χ0n) is 16.8. The summed E-state index contributed by atoms with van der Waals surface area (Å²) >= 11 is 0. The van der Waals surface area contributed by atoms with Gasteiger partial charge in [-0.25, -0.2) is 0 Å². The highest BCUT2D eigenvalue weighted by atomic mass is 16.2. The van der Waals surface area contributed by atoms with E-state index in [9.17, 15) is 19.2 Å². The molecular weight excluding hydrogens is 382 g/mol. The van der Waals surface area contributed by atoms with Crippen molar-refractivity contribution in [3.05, 3.63) is 65.2 Å². The molecule has 7 nitrogen and oxygen atoms in total. The van der Waals surface area contributed by atoms with Crippen LogP contribution < -0.4 is 10.2 Å². The van der Waals surface area contributed by atoms with Crippen LogP contribution in [0.3, 0.4) is 0 Å². The number of anilines is 1. The number of nitrogens with zero attached hydrogens (tertiary/aromatic N) is 2. The molecule has 1 saturated heterocycles. The maximum Gasteiger partial charge on any atom is 0.255 e. The largest absolute Gasteiger partial charge is 0.322 e. The summed E-state index contributed by atoms with van der Waals surface area (Å²) in [6.07, 6.45) is 0.781. The van der Waals surface area contributed by atoms with Crippen LogP contribution in [0.4, 0.5) is 5.69 Å². The number of benzene rings is 2. The van der Waals surface area contributed by atoms with E-state index in [2.05, 4.69) is 5.32 Å². The Balaban J connectivity index is 1.49. The smallest absolute Gasteiger partial charge is 0.255 e. The third kappa shape index (κ3) is 3.70. The van der Waals surface area contributed by atoms with Crippen LogP contribution in [0.25, 0.3) is 0 Å². The maximum absolute atomic E-state index is 12.9. The minimum atomic E-state index is -0.638. The number of carbonyl (C=O) groups excluding carboxylic acids is 4. The van der Waals surface area contributed by atoms with Gasteiger partial charge in [0, 0.05) is 30.8 Å². The molecule has 1 fully saturated rings. The molecule has 1 unspecified atom stereocenters. The van der Waals surface area contributed by atoms with E-state index in [4.69, 9.17) is 0 Å². The molecule has 1 atom stereocenters. The van der Waals surface area contributed by atoms with Gasteiger partial charge in [0.15, 0.2) is 0 Å². The van der Waals surface area contributed by atoms with Gasteiger partial charge < -0.3 is 9.80 Å². The van der Waals surface area contributed by atoms with Crippen LogP contribution in [0.15, 0.2) is 48.5 Å². The number of fused-ring (bicyclic) bond motifs is 1. The summed E-state index contributed by atoms with van der Waals surface area (Å²) in [6, 6.07) is 14.3. The lowest BCUT2D eigenvalue weighted by Crippen LogP contribution is -2.52. The molecule has 2 aliphatic heterocycles. The van der Waals surface area contributed by atoms with Gasteiger partial charge in [0.05, 0.1) is 6.42 Å². The van der Waals surface area contributed by atoms with Gasteiger partial charge in [-0.2, -0.15) is 0 Å². The summed E-state index contributed by atoms with van der Waals surface area (Å²) in [5.41, 5.74) is 3.03. The van der Waals surface area contributed by atoms with E-state index < -0.39 is 11.9 Å². The Labute approximate surface area is 174 Å². The molecule has 2 aromatic carbocycles. The first-order valence-electron chi connectivity index (χ1n) is 10.1. The maximum atomic E-state index is 12.9. The van der Waals surface area contributed by atoms with Crippen molar-refractivity contribution < 1.29 is 19.2 Å². The van der Waals surface area contributed by atoms with Crippen molar-refractivity contribution in [2.45, 2.75) is 38.8 Å². The Kier molecular flexibility index (Phi) is 5.35. The van der Waals surface area contributed by atoms with Crippen LogP contribution in [0.2, 0.25) is 0 Å². The zero-order valence-corrected chi connectivity index (χ0v) is 16.8. The SMILES string of the molecule is CCN(C(=O)Cc1ccc2c(c1)CN(C1CCC(=O)NC1=O)C2=O)c1ccccc1. The van der Waals surface area contributed by atoms with E-state index in [1.807, 2.05) is 43.3 Å². The van der Waals surface area contributed by atoms with Crippen LogP contribution in [0, 0.1) is 0 Å². The summed E-state index contributed by atoms with van der Waals surface area (Å²) in [6.45, 7) is 2.80. The lowest BCUT2D eigenvalue weighted by molar-refractivity contribution is -0.137. The number of hydrogen-bond donors (Lipinski definition) is 1. The molecule has 0 radical (unpaired) electrons. The van der Waals surface area contributed by atoms with Crippen LogP contribution in [0.5, 0.6) is 0 Å². The van der Waals surface area contributed by atoms with E-state index in [-0.39, 0.29) is 30.6 Å². The molecule has 0 aromatic heterocycles. The number of amides is 4. The Morgan fingerprint density at radius 2 is 1.90 bits per heavy atom. The molecule has 0 aliphatic carbocycles. The van der Waals surface area contributed by atoms with Crippen LogP contribution >= 0.6 is 0 Å². The van der Waals surface area contributed by atoms with Crippen molar-refractivity contribution in [2.24, 2.45) is 0 Å². The van der Waals surface area contributed by atoms with Gasteiger partial charge in [0.25, 0.3) is 5.91 Å². The third-order valence-corrected chi connectivity index (χ3v) is 5.63. The fourth-order valence-electron chi connectivity index (χ4n) is 4.12. The number of piperidine rings is 1. The lowest BCUT2D eigenvalue weighted by Gasteiger charge is -2.29. The molecule has 4 amide bonds. The molecule has 2 aromatic rings. The minimum Gasteiger partial charge on any atom is -0.322 e. The number of para-hydroxylation sites is 1. The number of carbonyl (C=O) groups is 4. The Morgan fingerprint density at radius 3 is 2.60 bits per heavy atom. The van der Waals surface area contributed by atoms with Crippen molar-refractivity contribution in [1.29, 1.82) is 0 Å². The predicted octanol–water partition coefficient (Wildman–Crippen LogP) is 2.04. The normalized spacial score (nSPS) is 18.2. The Morgan fingerprint density at radius 1 is 1.13 bits per heavy atom. The number of nitrogens with one attached hydrogen (secondary N) is 1. The van der Waals surface area contributed by atoms with Gasteiger partial charge in [0.2, 0.25) is 17.7 Å².